The van der Waals surface area contributed by atoms with Gasteiger partial charge in [0.25, 0.3) is 0 Å². The van der Waals surface area contributed by atoms with Crippen molar-refractivity contribution >= 4 is 23.5 Å². The van der Waals surface area contributed by atoms with Crippen molar-refractivity contribution < 1.29 is 19.1 Å². The quantitative estimate of drug-likeness (QED) is 0.929. The first-order valence-electron chi connectivity index (χ1n) is 6.32. The average molecular weight is 300 g/mol. The first-order chi connectivity index (χ1) is 9.40. The van der Waals surface area contributed by atoms with Crippen LogP contribution in [0.5, 0.6) is 0 Å². The number of carbonyl (C=O) groups excluding carboxylic acids is 1. The molecule has 0 aliphatic heterocycles. The largest absolute Gasteiger partial charge is 0.481 e. The number of halogens is 2. The van der Waals surface area contributed by atoms with Gasteiger partial charge in [-0.2, -0.15) is 0 Å². The fourth-order valence-electron chi connectivity index (χ4n) is 2.36. The van der Waals surface area contributed by atoms with Gasteiger partial charge in [-0.3, -0.25) is 9.59 Å². The summed E-state index contributed by atoms with van der Waals surface area (Å²) in [6, 6.07) is 4.36. The smallest absolute Gasteiger partial charge is 0.307 e. The lowest BCUT2D eigenvalue weighted by Gasteiger charge is -2.35. The molecule has 2 atom stereocenters. The topological polar surface area (TPSA) is 57.6 Å². The van der Waals surface area contributed by atoms with Gasteiger partial charge >= 0.3 is 5.97 Å². The van der Waals surface area contributed by atoms with Crippen LogP contribution >= 0.6 is 11.6 Å². The lowest BCUT2D eigenvalue weighted by atomic mass is 9.73. The Morgan fingerprint density at radius 3 is 2.55 bits per heavy atom. The number of rotatable bonds is 4. The number of carboxylic acids is 1. The zero-order chi connectivity index (χ0) is 14.9. The third-order valence-corrected chi connectivity index (χ3v) is 4.00. The van der Waals surface area contributed by atoms with Crippen LogP contribution in [0.25, 0.3) is 0 Å². The van der Waals surface area contributed by atoms with Crippen LogP contribution in [0.4, 0.5) is 4.39 Å². The van der Waals surface area contributed by atoms with Crippen molar-refractivity contribution in [1.29, 1.82) is 0 Å². The molecule has 1 aliphatic rings. The molecule has 0 aromatic heterocycles. The second-order valence-corrected chi connectivity index (χ2v) is 5.48. The zero-order valence-electron chi connectivity index (χ0n) is 11.0. The summed E-state index contributed by atoms with van der Waals surface area (Å²) in [5, 5.41) is 8.99. The molecule has 1 fully saturated rings. The van der Waals surface area contributed by atoms with E-state index >= 15 is 0 Å². The molecule has 2 rings (SSSR count). The Kier molecular flexibility index (Phi) is 4.28. The fraction of sp³-hybridized carbons (Fsp3) is 0.429. The van der Waals surface area contributed by atoms with E-state index in [9.17, 15) is 14.0 Å². The van der Waals surface area contributed by atoms with Gasteiger partial charge in [0.15, 0.2) is 0 Å². The van der Waals surface area contributed by atoms with Gasteiger partial charge in [-0.15, -0.1) is 0 Å². The van der Waals surface area contributed by atoms with Crippen molar-refractivity contribution in [2.24, 2.45) is 11.8 Å². The normalized spacial score (nSPS) is 21.1. The lowest BCUT2D eigenvalue weighted by Crippen LogP contribution is -2.44. The molecule has 108 valence electrons. The maximum atomic E-state index is 13.3. The third kappa shape index (κ3) is 2.93. The number of aliphatic carboxylic acids is 1. The number of carboxylic acid groups (broad SMARTS) is 1. The van der Waals surface area contributed by atoms with E-state index in [2.05, 4.69) is 0 Å². The van der Waals surface area contributed by atoms with Crippen LogP contribution < -0.4 is 0 Å². The molecule has 0 bridgehead atoms. The molecule has 1 aromatic rings. The van der Waals surface area contributed by atoms with Gasteiger partial charge in [0, 0.05) is 13.6 Å². The number of amides is 1. The van der Waals surface area contributed by atoms with Crippen molar-refractivity contribution in [1.82, 2.24) is 4.90 Å². The summed E-state index contributed by atoms with van der Waals surface area (Å²) < 4.78 is 13.3. The van der Waals surface area contributed by atoms with Crippen molar-refractivity contribution in [3.8, 4) is 0 Å². The molecule has 1 amide bonds. The Morgan fingerprint density at radius 2 is 2.05 bits per heavy atom. The van der Waals surface area contributed by atoms with Crippen LogP contribution in [0.1, 0.15) is 18.4 Å². The summed E-state index contributed by atoms with van der Waals surface area (Å²) in [4.78, 5) is 24.5. The van der Waals surface area contributed by atoms with E-state index in [1.54, 1.807) is 13.1 Å². The molecule has 0 spiro atoms. The molecular formula is C14H15ClFNO3. The summed E-state index contributed by atoms with van der Waals surface area (Å²) in [5.41, 5.74) is 0.619. The Bertz CT molecular complexity index is 549. The molecule has 0 radical (unpaired) electrons. The standard InChI is InChI=1S/C14H15ClFNO3/c1-17(7-8-2-5-11(15)12(16)6-8)13(18)9-3-4-10(9)14(19)20/h2,5-6,9-10H,3-4,7H2,1H3,(H,19,20). The number of nitrogens with zero attached hydrogens (tertiary/aromatic N) is 1. The molecular weight excluding hydrogens is 285 g/mol. The molecule has 0 heterocycles. The van der Waals surface area contributed by atoms with E-state index in [0.717, 1.165) is 0 Å². The second-order valence-electron chi connectivity index (χ2n) is 5.07. The minimum atomic E-state index is -0.930. The van der Waals surface area contributed by atoms with Gasteiger partial charge in [0.1, 0.15) is 5.82 Å². The van der Waals surface area contributed by atoms with Crippen molar-refractivity contribution in [3.63, 3.8) is 0 Å². The average Bonchev–Trinajstić information content (AvgIpc) is 2.31. The van der Waals surface area contributed by atoms with Crippen LogP contribution in [0.2, 0.25) is 5.02 Å². The number of hydrogen-bond acceptors (Lipinski definition) is 2. The van der Waals surface area contributed by atoms with Crippen molar-refractivity contribution in [3.05, 3.63) is 34.6 Å². The molecule has 1 aromatic carbocycles. The maximum absolute atomic E-state index is 13.3. The highest BCUT2D eigenvalue weighted by Crippen LogP contribution is 2.35. The zero-order valence-corrected chi connectivity index (χ0v) is 11.7. The van der Waals surface area contributed by atoms with Crippen LogP contribution in [-0.2, 0) is 16.1 Å². The Hall–Kier alpha value is -1.62. The first kappa shape index (κ1) is 14.8. The molecule has 0 saturated heterocycles. The van der Waals surface area contributed by atoms with Crippen LogP contribution in [0.3, 0.4) is 0 Å². The van der Waals surface area contributed by atoms with Gasteiger partial charge in [0.2, 0.25) is 5.91 Å². The van der Waals surface area contributed by atoms with Gasteiger partial charge in [0.05, 0.1) is 16.9 Å². The van der Waals surface area contributed by atoms with Crippen LogP contribution in [0.15, 0.2) is 18.2 Å². The highest BCUT2D eigenvalue weighted by Gasteiger charge is 2.42. The fourth-order valence-corrected chi connectivity index (χ4v) is 2.48. The molecule has 4 nitrogen and oxygen atoms in total. The minimum absolute atomic E-state index is 0.0349. The molecule has 1 N–H and O–H groups in total. The Balaban J connectivity index is 2.00. The number of carbonyl (C=O) groups is 2. The van der Waals surface area contributed by atoms with E-state index in [1.807, 2.05) is 0 Å². The summed E-state index contributed by atoms with van der Waals surface area (Å²) in [5.74, 6) is -2.72. The summed E-state index contributed by atoms with van der Waals surface area (Å²) in [7, 11) is 1.59. The van der Waals surface area contributed by atoms with E-state index in [0.29, 0.717) is 18.4 Å². The second kappa shape index (κ2) is 5.79. The molecule has 1 saturated carbocycles. The predicted octanol–water partition coefficient (Wildman–Crippen LogP) is 2.55. The van der Waals surface area contributed by atoms with Crippen molar-refractivity contribution in [2.75, 3.05) is 7.05 Å². The van der Waals surface area contributed by atoms with E-state index in [1.165, 1.54) is 17.0 Å². The SMILES string of the molecule is CN(Cc1ccc(Cl)c(F)c1)C(=O)C1CCC1C(=O)O. The highest BCUT2D eigenvalue weighted by atomic mass is 35.5. The first-order valence-corrected chi connectivity index (χ1v) is 6.69. The molecule has 20 heavy (non-hydrogen) atoms. The monoisotopic (exact) mass is 299 g/mol. The lowest BCUT2D eigenvalue weighted by molar-refractivity contribution is -0.156. The highest BCUT2D eigenvalue weighted by molar-refractivity contribution is 6.30. The molecule has 2 unspecified atom stereocenters. The van der Waals surface area contributed by atoms with Gasteiger partial charge in [-0.1, -0.05) is 17.7 Å². The summed E-state index contributed by atoms with van der Waals surface area (Å²) in [6.45, 7) is 0.232. The minimum Gasteiger partial charge on any atom is -0.481 e. The maximum Gasteiger partial charge on any atom is 0.307 e. The Morgan fingerprint density at radius 1 is 1.40 bits per heavy atom. The molecule has 1 aliphatic carbocycles. The van der Waals surface area contributed by atoms with E-state index in [4.69, 9.17) is 16.7 Å². The third-order valence-electron chi connectivity index (χ3n) is 3.69. The number of benzene rings is 1. The van der Waals surface area contributed by atoms with Gasteiger partial charge < -0.3 is 10.0 Å². The van der Waals surface area contributed by atoms with Crippen LogP contribution in [-0.4, -0.2) is 28.9 Å². The summed E-state index contributed by atoms with van der Waals surface area (Å²) in [6.07, 6.45) is 1.13. The van der Waals surface area contributed by atoms with Gasteiger partial charge in [-0.05, 0) is 30.5 Å². The van der Waals surface area contributed by atoms with E-state index in [-0.39, 0.29) is 17.5 Å². The number of hydrogen-bond donors (Lipinski definition) is 1. The van der Waals surface area contributed by atoms with E-state index < -0.39 is 23.6 Å². The summed E-state index contributed by atoms with van der Waals surface area (Å²) >= 11 is 5.59. The van der Waals surface area contributed by atoms with Crippen molar-refractivity contribution in [2.45, 2.75) is 19.4 Å². The van der Waals surface area contributed by atoms with Gasteiger partial charge in [-0.25, -0.2) is 4.39 Å². The van der Waals surface area contributed by atoms with Crippen LogP contribution in [0, 0.1) is 17.7 Å². The Labute approximate surface area is 121 Å². The predicted molar refractivity (Wildman–Crippen MR) is 71.7 cm³/mol. The molecule has 6 heteroatoms.